The maximum atomic E-state index is 13.4. The molecule has 2 aromatic carbocycles. The number of alkyl carbamates (subject to hydrolysis) is 1. The van der Waals surface area contributed by atoms with Crippen LogP contribution < -0.4 is 10.6 Å². The highest BCUT2D eigenvalue weighted by Gasteiger charge is 2.39. The number of carbonyl (C=O) groups is 3. The molecule has 182 valence electrons. The van der Waals surface area contributed by atoms with Gasteiger partial charge < -0.3 is 25.4 Å². The van der Waals surface area contributed by atoms with Crippen molar-refractivity contribution in [1.29, 1.82) is 0 Å². The summed E-state index contributed by atoms with van der Waals surface area (Å²) < 4.78 is 5.23. The molecule has 0 spiro atoms. The molecule has 3 rings (SSSR count). The predicted molar refractivity (Wildman–Crippen MR) is 128 cm³/mol. The zero-order valence-corrected chi connectivity index (χ0v) is 19.9. The molecule has 0 radical (unpaired) electrons. The molecule has 8 heteroatoms. The van der Waals surface area contributed by atoms with Crippen LogP contribution in [0.15, 0.2) is 54.6 Å². The van der Waals surface area contributed by atoms with Gasteiger partial charge in [0.25, 0.3) is 0 Å². The fourth-order valence-corrected chi connectivity index (χ4v) is 3.79. The number of nitrogens with zero attached hydrogens (tertiary/aromatic N) is 1. The number of phenolic OH excluding ortho intramolecular Hbond substituents is 1. The molecule has 2 aromatic rings. The summed E-state index contributed by atoms with van der Waals surface area (Å²) in [6, 6.07) is 14.8. The molecule has 3 amide bonds. The summed E-state index contributed by atoms with van der Waals surface area (Å²) in [5.41, 5.74) is 0.740. The van der Waals surface area contributed by atoms with Crippen LogP contribution in [0.2, 0.25) is 0 Å². The lowest BCUT2D eigenvalue weighted by Crippen LogP contribution is -2.53. The number of ether oxygens (including phenoxy) is 1. The highest BCUT2D eigenvalue weighted by atomic mass is 16.6. The van der Waals surface area contributed by atoms with Crippen molar-refractivity contribution >= 4 is 17.9 Å². The van der Waals surface area contributed by atoms with Gasteiger partial charge in [-0.25, -0.2) is 4.79 Å². The van der Waals surface area contributed by atoms with E-state index in [1.165, 1.54) is 17.0 Å². The fraction of sp³-hybridized carbons (Fsp3) is 0.423. The topological polar surface area (TPSA) is 108 Å². The third kappa shape index (κ3) is 6.97. The quantitative estimate of drug-likeness (QED) is 0.549. The van der Waals surface area contributed by atoms with Crippen LogP contribution in [0.3, 0.4) is 0 Å². The number of hydrogen-bond donors (Lipinski definition) is 3. The van der Waals surface area contributed by atoms with Gasteiger partial charge in [0.15, 0.2) is 0 Å². The molecule has 3 N–H and O–H groups in total. The largest absolute Gasteiger partial charge is 0.508 e. The monoisotopic (exact) mass is 467 g/mol. The second-order valence-electron chi connectivity index (χ2n) is 9.44. The lowest BCUT2D eigenvalue weighted by atomic mass is 9.88. The van der Waals surface area contributed by atoms with E-state index in [1.54, 1.807) is 32.9 Å². The highest BCUT2D eigenvalue weighted by molar-refractivity contribution is 5.90. The van der Waals surface area contributed by atoms with Crippen LogP contribution >= 0.6 is 0 Å². The summed E-state index contributed by atoms with van der Waals surface area (Å²) in [4.78, 5) is 40.4. The Bertz CT molecular complexity index is 999. The first-order valence-electron chi connectivity index (χ1n) is 11.5. The summed E-state index contributed by atoms with van der Waals surface area (Å²) in [7, 11) is 0. The van der Waals surface area contributed by atoms with Crippen LogP contribution in [0.1, 0.15) is 57.2 Å². The van der Waals surface area contributed by atoms with Crippen LogP contribution in [0.25, 0.3) is 0 Å². The van der Waals surface area contributed by atoms with E-state index in [0.717, 1.165) is 24.8 Å². The first-order chi connectivity index (χ1) is 16.1. The van der Waals surface area contributed by atoms with Gasteiger partial charge in [-0.1, -0.05) is 42.5 Å². The number of nitrogens with one attached hydrogen (secondary N) is 2. The molecule has 1 fully saturated rings. The Morgan fingerprint density at radius 1 is 1.06 bits per heavy atom. The second kappa shape index (κ2) is 11.0. The number of carbonyl (C=O) groups excluding carboxylic acids is 3. The third-order valence-corrected chi connectivity index (χ3v) is 5.56. The normalized spacial score (nSPS) is 14.4. The first kappa shape index (κ1) is 25.1. The average molecular weight is 468 g/mol. The zero-order chi connectivity index (χ0) is 24.7. The number of benzene rings is 2. The molecule has 1 saturated carbocycles. The minimum absolute atomic E-state index is 0.00578. The van der Waals surface area contributed by atoms with Crippen molar-refractivity contribution in [3.8, 4) is 5.75 Å². The Morgan fingerprint density at radius 3 is 2.35 bits per heavy atom. The van der Waals surface area contributed by atoms with Crippen LogP contribution in [0, 0.1) is 0 Å². The van der Waals surface area contributed by atoms with Gasteiger partial charge >= 0.3 is 6.09 Å². The molecule has 1 aliphatic carbocycles. The van der Waals surface area contributed by atoms with Crippen molar-refractivity contribution in [3.05, 3.63) is 65.7 Å². The third-order valence-electron chi connectivity index (χ3n) is 5.56. The van der Waals surface area contributed by atoms with E-state index in [2.05, 4.69) is 10.6 Å². The fourth-order valence-electron chi connectivity index (χ4n) is 3.79. The van der Waals surface area contributed by atoms with Gasteiger partial charge in [0.2, 0.25) is 11.8 Å². The summed E-state index contributed by atoms with van der Waals surface area (Å²) >= 11 is 0. The summed E-state index contributed by atoms with van der Waals surface area (Å²) in [5, 5.41) is 15.5. The molecule has 1 aliphatic rings. The van der Waals surface area contributed by atoms with Crippen molar-refractivity contribution in [1.82, 2.24) is 15.5 Å². The first-order valence-corrected chi connectivity index (χ1v) is 11.5. The SMILES string of the molecule is CC(C)(C)OC(=O)NCC(=O)N(C1CCC1)C(C(=O)NCc1ccccc1)c1cccc(O)c1. The standard InChI is InChI=1S/C26H33N3O5/c1-26(2,3)34-25(33)28-17-22(31)29(20-12-8-13-20)23(19-11-7-14-21(30)15-19)24(32)27-16-18-9-5-4-6-10-18/h4-7,9-11,14-15,20,23,30H,8,12-13,16-17H2,1-3H3,(H,27,32)(H,28,33). The van der Waals surface area contributed by atoms with Gasteiger partial charge in [0.05, 0.1) is 0 Å². The minimum atomic E-state index is -0.950. The Hall–Kier alpha value is -3.55. The number of phenols is 1. The van der Waals surface area contributed by atoms with Gasteiger partial charge in [-0.3, -0.25) is 9.59 Å². The molecule has 0 aliphatic heterocycles. The van der Waals surface area contributed by atoms with E-state index < -0.39 is 23.6 Å². The average Bonchev–Trinajstić information content (AvgIpc) is 2.74. The summed E-state index contributed by atoms with van der Waals surface area (Å²) in [6.45, 7) is 5.22. The van der Waals surface area contributed by atoms with Crippen LogP contribution in [-0.4, -0.2) is 46.1 Å². The molecular formula is C26H33N3O5. The van der Waals surface area contributed by atoms with Crippen molar-refractivity contribution in [3.63, 3.8) is 0 Å². The second-order valence-corrected chi connectivity index (χ2v) is 9.44. The van der Waals surface area contributed by atoms with Crippen molar-refractivity contribution in [2.45, 2.75) is 64.3 Å². The maximum absolute atomic E-state index is 13.4. The van der Waals surface area contributed by atoms with Gasteiger partial charge in [-0.2, -0.15) is 0 Å². The van der Waals surface area contributed by atoms with Crippen LogP contribution in [0.4, 0.5) is 4.79 Å². The van der Waals surface area contributed by atoms with Crippen LogP contribution in [-0.2, 0) is 20.9 Å². The number of aromatic hydroxyl groups is 1. The maximum Gasteiger partial charge on any atom is 0.408 e. The molecule has 0 saturated heterocycles. The molecule has 0 aromatic heterocycles. The van der Waals surface area contributed by atoms with E-state index in [1.807, 2.05) is 30.3 Å². The summed E-state index contributed by atoms with van der Waals surface area (Å²) in [6.07, 6.45) is 1.78. The van der Waals surface area contributed by atoms with Gasteiger partial charge in [-0.05, 0) is 63.3 Å². The molecule has 8 nitrogen and oxygen atoms in total. The van der Waals surface area contributed by atoms with Crippen molar-refractivity contribution in [2.75, 3.05) is 6.54 Å². The minimum Gasteiger partial charge on any atom is -0.508 e. The lowest BCUT2D eigenvalue weighted by molar-refractivity contribution is -0.145. The molecule has 0 heterocycles. The smallest absolute Gasteiger partial charge is 0.408 e. The van der Waals surface area contributed by atoms with Gasteiger partial charge in [0, 0.05) is 12.6 Å². The predicted octanol–water partition coefficient (Wildman–Crippen LogP) is 3.66. The Balaban J connectivity index is 1.83. The molecule has 1 unspecified atom stereocenters. The Labute approximate surface area is 200 Å². The molecular weight excluding hydrogens is 434 g/mol. The number of rotatable bonds is 8. The molecule has 0 bridgehead atoms. The van der Waals surface area contributed by atoms with E-state index in [9.17, 15) is 19.5 Å². The lowest BCUT2D eigenvalue weighted by Gasteiger charge is -2.42. The molecule has 34 heavy (non-hydrogen) atoms. The van der Waals surface area contributed by atoms with E-state index >= 15 is 0 Å². The molecule has 1 atom stereocenters. The number of hydrogen-bond acceptors (Lipinski definition) is 5. The highest BCUT2D eigenvalue weighted by Crippen LogP contribution is 2.34. The van der Waals surface area contributed by atoms with Gasteiger partial charge in [-0.15, -0.1) is 0 Å². The van der Waals surface area contributed by atoms with Crippen molar-refractivity contribution < 1.29 is 24.2 Å². The zero-order valence-electron chi connectivity index (χ0n) is 19.9. The van der Waals surface area contributed by atoms with Gasteiger partial charge in [0.1, 0.15) is 23.9 Å². The number of amides is 3. The Kier molecular flexibility index (Phi) is 8.15. The van der Waals surface area contributed by atoms with E-state index in [4.69, 9.17) is 4.74 Å². The van der Waals surface area contributed by atoms with E-state index in [-0.39, 0.29) is 24.2 Å². The Morgan fingerprint density at radius 2 is 1.76 bits per heavy atom. The summed E-state index contributed by atoms with van der Waals surface area (Å²) in [5.74, 6) is -0.739. The van der Waals surface area contributed by atoms with E-state index in [0.29, 0.717) is 12.1 Å². The van der Waals surface area contributed by atoms with Crippen LogP contribution in [0.5, 0.6) is 5.75 Å². The van der Waals surface area contributed by atoms with Crippen molar-refractivity contribution in [2.24, 2.45) is 0 Å².